The molecule has 0 aliphatic heterocycles. The zero-order valence-electron chi connectivity index (χ0n) is 11.0. The van der Waals surface area contributed by atoms with Gasteiger partial charge in [-0.25, -0.2) is 0 Å². The van der Waals surface area contributed by atoms with Crippen LogP contribution in [0.2, 0.25) is 5.02 Å². The number of rotatable bonds is 2. The maximum absolute atomic E-state index is 6.15. The maximum atomic E-state index is 6.15. The molecule has 0 fully saturated rings. The summed E-state index contributed by atoms with van der Waals surface area (Å²) >= 11 is 6.15. The van der Waals surface area contributed by atoms with Crippen molar-refractivity contribution in [2.24, 2.45) is 0 Å². The van der Waals surface area contributed by atoms with Gasteiger partial charge in [-0.05, 0) is 35.7 Å². The van der Waals surface area contributed by atoms with E-state index in [-0.39, 0.29) is 5.41 Å². The maximum Gasteiger partial charge on any atom is 0.0638 e. The van der Waals surface area contributed by atoms with Crippen molar-refractivity contribution in [2.75, 3.05) is 5.73 Å². The topological polar surface area (TPSA) is 26.0 Å². The third kappa shape index (κ3) is 2.23. The van der Waals surface area contributed by atoms with Gasteiger partial charge in [0.05, 0.1) is 10.7 Å². The molecule has 18 heavy (non-hydrogen) atoms. The van der Waals surface area contributed by atoms with Crippen molar-refractivity contribution < 1.29 is 0 Å². The molecular formula is C16H18ClN. The molecule has 0 aliphatic carbocycles. The van der Waals surface area contributed by atoms with Crippen LogP contribution in [0.4, 0.5) is 5.69 Å². The van der Waals surface area contributed by atoms with Crippen LogP contribution in [0.3, 0.4) is 0 Å². The van der Waals surface area contributed by atoms with Crippen LogP contribution in [-0.2, 0) is 5.41 Å². The molecule has 0 atom stereocenters. The van der Waals surface area contributed by atoms with Crippen LogP contribution in [0, 0.1) is 6.92 Å². The summed E-state index contributed by atoms with van der Waals surface area (Å²) in [6.07, 6.45) is 0. The average molecular weight is 260 g/mol. The molecule has 0 aromatic heterocycles. The second-order valence-electron chi connectivity index (χ2n) is 5.18. The summed E-state index contributed by atoms with van der Waals surface area (Å²) in [5, 5.41) is 0.625. The van der Waals surface area contributed by atoms with E-state index >= 15 is 0 Å². The van der Waals surface area contributed by atoms with E-state index in [4.69, 9.17) is 17.3 Å². The molecule has 2 heteroatoms. The summed E-state index contributed by atoms with van der Waals surface area (Å²) in [6.45, 7) is 6.49. The lowest BCUT2D eigenvalue weighted by atomic mass is 9.76. The predicted molar refractivity (Wildman–Crippen MR) is 79.2 cm³/mol. The predicted octanol–water partition coefficient (Wildman–Crippen LogP) is 4.56. The summed E-state index contributed by atoms with van der Waals surface area (Å²) < 4.78 is 0. The lowest BCUT2D eigenvalue weighted by Crippen LogP contribution is -2.20. The van der Waals surface area contributed by atoms with Gasteiger partial charge >= 0.3 is 0 Å². The number of nitrogen functional groups attached to an aromatic ring is 1. The molecule has 0 saturated carbocycles. The third-order valence-corrected chi connectivity index (χ3v) is 3.84. The lowest BCUT2D eigenvalue weighted by molar-refractivity contribution is 0.636. The van der Waals surface area contributed by atoms with E-state index < -0.39 is 0 Å². The molecule has 2 aromatic rings. The number of nitrogens with two attached hydrogens (primary N) is 1. The van der Waals surface area contributed by atoms with E-state index in [0.29, 0.717) is 10.7 Å². The third-order valence-electron chi connectivity index (χ3n) is 3.51. The van der Waals surface area contributed by atoms with Gasteiger partial charge in [-0.3, -0.25) is 0 Å². The SMILES string of the molecule is Cc1cc(N)c(Cl)cc1C(C)(C)c1ccccc1. The molecule has 1 nitrogen and oxygen atoms in total. The average Bonchev–Trinajstić information content (AvgIpc) is 2.34. The van der Waals surface area contributed by atoms with Gasteiger partial charge in [-0.1, -0.05) is 55.8 Å². The van der Waals surface area contributed by atoms with E-state index in [1.54, 1.807) is 0 Å². The Morgan fingerprint density at radius 2 is 1.67 bits per heavy atom. The molecule has 0 bridgehead atoms. The summed E-state index contributed by atoms with van der Waals surface area (Å²) in [5.41, 5.74) is 10.1. The number of benzene rings is 2. The van der Waals surface area contributed by atoms with Gasteiger partial charge < -0.3 is 5.73 Å². The van der Waals surface area contributed by atoms with Gasteiger partial charge in [0.15, 0.2) is 0 Å². The van der Waals surface area contributed by atoms with Gasteiger partial charge in [0.2, 0.25) is 0 Å². The fourth-order valence-corrected chi connectivity index (χ4v) is 2.55. The fraction of sp³-hybridized carbons (Fsp3) is 0.250. The smallest absolute Gasteiger partial charge is 0.0638 e. The van der Waals surface area contributed by atoms with Gasteiger partial charge in [0, 0.05) is 5.41 Å². The Hall–Kier alpha value is -1.47. The highest BCUT2D eigenvalue weighted by molar-refractivity contribution is 6.33. The van der Waals surface area contributed by atoms with Gasteiger partial charge in [-0.15, -0.1) is 0 Å². The van der Waals surface area contributed by atoms with E-state index in [1.807, 2.05) is 18.2 Å². The van der Waals surface area contributed by atoms with Crippen molar-refractivity contribution in [3.63, 3.8) is 0 Å². The number of anilines is 1. The first-order chi connectivity index (χ1) is 8.43. The Bertz CT molecular complexity index is 559. The Morgan fingerprint density at radius 3 is 2.28 bits per heavy atom. The minimum absolute atomic E-state index is 0.0807. The molecule has 2 rings (SSSR count). The first-order valence-electron chi connectivity index (χ1n) is 6.04. The van der Waals surface area contributed by atoms with E-state index in [0.717, 1.165) is 0 Å². The minimum atomic E-state index is -0.0807. The molecule has 0 unspecified atom stereocenters. The van der Waals surface area contributed by atoms with E-state index in [2.05, 4.69) is 45.0 Å². The Labute approximate surface area is 114 Å². The zero-order valence-corrected chi connectivity index (χ0v) is 11.8. The zero-order chi connectivity index (χ0) is 13.3. The van der Waals surface area contributed by atoms with Crippen LogP contribution in [0.25, 0.3) is 0 Å². The monoisotopic (exact) mass is 259 g/mol. The normalized spacial score (nSPS) is 11.6. The second-order valence-corrected chi connectivity index (χ2v) is 5.59. The molecule has 0 saturated heterocycles. The van der Waals surface area contributed by atoms with Crippen LogP contribution in [0.1, 0.15) is 30.5 Å². The summed E-state index contributed by atoms with van der Waals surface area (Å²) in [6, 6.07) is 14.4. The van der Waals surface area contributed by atoms with Crippen LogP contribution in [0.15, 0.2) is 42.5 Å². The summed E-state index contributed by atoms with van der Waals surface area (Å²) in [7, 11) is 0. The first-order valence-corrected chi connectivity index (χ1v) is 6.42. The van der Waals surface area contributed by atoms with Gasteiger partial charge in [0.1, 0.15) is 0 Å². The second kappa shape index (κ2) is 4.66. The van der Waals surface area contributed by atoms with Crippen molar-refractivity contribution in [1.29, 1.82) is 0 Å². The molecular weight excluding hydrogens is 242 g/mol. The molecule has 0 amide bonds. The van der Waals surface area contributed by atoms with Crippen molar-refractivity contribution in [1.82, 2.24) is 0 Å². The highest BCUT2D eigenvalue weighted by Crippen LogP contribution is 2.36. The van der Waals surface area contributed by atoms with Crippen molar-refractivity contribution >= 4 is 17.3 Å². The Balaban J connectivity index is 2.58. The lowest BCUT2D eigenvalue weighted by Gasteiger charge is -2.28. The van der Waals surface area contributed by atoms with Crippen LogP contribution in [-0.4, -0.2) is 0 Å². The van der Waals surface area contributed by atoms with Gasteiger partial charge in [0.25, 0.3) is 0 Å². The number of hydrogen-bond donors (Lipinski definition) is 1. The number of aryl methyl sites for hydroxylation is 1. The molecule has 0 spiro atoms. The van der Waals surface area contributed by atoms with Gasteiger partial charge in [-0.2, -0.15) is 0 Å². The molecule has 0 radical (unpaired) electrons. The van der Waals surface area contributed by atoms with E-state index in [9.17, 15) is 0 Å². The molecule has 0 aliphatic rings. The van der Waals surface area contributed by atoms with Crippen LogP contribution in [0.5, 0.6) is 0 Å². The Kier molecular flexibility index (Phi) is 3.36. The molecule has 2 aromatic carbocycles. The van der Waals surface area contributed by atoms with Crippen molar-refractivity contribution in [3.8, 4) is 0 Å². The standard InChI is InChI=1S/C16H18ClN/c1-11-9-15(18)14(17)10-13(11)16(2,3)12-7-5-4-6-8-12/h4-10H,18H2,1-3H3. The molecule has 94 valence electrons. The van der Waals surface area contributed by atoms with Crippen LogP contribution >= 0.6 is 11.6 Å². The molecule has 0 heterocycles. The summed E-state index contributed by atoms with van der Waals surface area (Å²) in [5.74, 6) is 0. The Morgan fingerprint density at radius 1 is 1.06 bits per heavy atom. The highest BCUT2D eigenvalue weighted by atomic mass is 35.5. The molecule has 2 N–H and O–H groups in total. The first kappa shape index (κ1) is 13.0. The largest absolute Gasteiger partial charge is 0.398 e. The van der Waals surface area contributed by atoms with E-state index in [1.165, 1.54) is 16.7 Å². The minimum Gasteiger partial charge on any atom is -0.398 e. The number of halogens is 1. The highest BCUT2D eigenvalue weighted by Gasteiger charge is 2.25. The van der Waals surface area contributed by atoms with Crippen LogP contribution < -0.4 is 5.73 Å². The fourth-order valence-electron chi connectivity index (χ4n) is 2.39. The van der Waals surface area contributed by atoms with Crippen molar-refractivity contribution in [2.45, 2.75) is 26.2 Å². The van der Waals surface area contributed by atoms with Crippen molar-refractivity contribution in [3.05, 3.63) is 64.2 Å². The quantitative estimate of drug-likeness (QED) is 0.787. The number of hydrogen-bond acceptors (Lipinski definition) is 1. The summed E-state index contributed by atoms with van der Waals surface area (Å²) in [4.78, 5) is 0.